The number of aromatic nitrogens is 3. The normalized spacial score (nSPS) is 23.1. The number of nitrogens with zero attached hydrogens (tertiary/aromatic N) is 5. The van der Waals surface area contributed by atoms with Gasteiger partial charge >= 0.3 is 0 Å². The first-order chi connectivity index (χ1) is 19.3. The lowest BCUT2D eigenvalue weighted by molar-refractivity contribution is -0.292. The molecule has 2 aromatic carbocycles. The van der Waals surface area contributed by atoms with Crippen molar-refractivity contribution in [3.63, 3.8) is 0 Å². The average Bonchev–Trinajstić information content (AvgIpc) is 3.42. The lowest BCUT2D eigenvalue weighted by Crippen LogP contribution is -2.58. The second-order valence-corrected chi connectivity index (χ2v) is 9.50. The van der Waals surface area contributed by atoms with Crippen molar-refractivity contribution >= 4 is 28.4 Å². The summed E-state index contributed by atoms with van der Waals surface area (Å²) in [7, 11) is 1.32. The highest BCUT2D eigenvalue weighted by atomic mass is 16.7. The first kappa shape index (κ1) is 29.1. The minimum atomic E-state index is -1.45. The molecule has 0 spiro atoms. The number of amides is 1. The lowest BCUT2D eigenvalue weighted by Gasteiger charge is -2.39. The molecule has 1 saturated heterocycles. The Kier molecular flexibility index (Phi) is 9.46. The molecule has 1 aliphatic rings. The van der Waals surface area contributed by atoms with Gasteiger partial charge in [0.25, 0.3) is 5.91 Å². The second-order valence-electron chi connectivity index (χ2n) is 9.50. The SMILES string of the molecule is CCN(CC)c1ccc2cc(/C=C(\C#N)C(=O)NCc3cn(C[C@H]4O[C@H](OC)[C@H](O)[C@@H](O)[C@@H]4O)nn3)ccc2c1. The molecule has 2 heterocycles. The van der Waals surface area contributed by atoms with E-state index in [2.05, 4.69) is 46.5 Å². The lowest BCUT2D eigenvalue weighted by atomic mass is 9.99. The van der Waals surface area contributed by atoms with E-state index in [9.17, 15) is 25.4 Å². The maximum atomic E-state index is 12.7. The van der Waals surface area contributed by atoms with Crippen LogP contribution in [0.3, 0.4) is 0 Å². The summed E-state index contributed by atoms with van der Waals surface area (Å²) in [6.07, 6.45) is -3.13. The number of aliphatic hydroxyl groups is 3. The number of aliphatic hydroxyl groups excluding tert-OH is 3. The molecule has 0 radical (unpaired) electrons. The largest absolute Gasteiger partial charge is 0.388 e. The van der Waals surface area contributed by atoms with Gasteiger partial charge in [0, 0.05) is 25.9 Å². The maximum absolute atomic E-state index is 12.7. The van der Waals surface area contributed by atoms with Crippen molar-refractivity contribution in [1.29, 1.82) is 5.26 Å². The molecule has 212 valence electrons. The summed E-state index contributed by atoms with van der Waals surface area (Å²) >= 11 is 0. The molecular weight excluding hydrogens is 516 g/mol. The third-order valence-electron chi connectivity index (χ3n) is 6.94. The van der Waals surface area contributed by atoms with Gasteiger partial charge in [-0.15, -0.1) is 5.10 Å². The van der Waals surface area contributed by atoms with Gasteiger partial charge in [-0.25, -0.2) is 4.68 Å². The van der Waals surface area contributed by atoms with Crippen molar-refractivity contribution < 1.29 is 29.6 Å². The number of anilines is 1. The molecular formula is C28H34N6O6. The molecule has 4 N–H and O–H groups in total. The monoisotopic (exact) mass is 550 g/mol. The third kappa shape index (κ3) is 6.47. The van der Waals surface area contributed by atoms with E-state index in [0.29, 0.717) is 5.69 Å². The fourth-order valence-electron chi connectivity index (χ4n) is 4.66. The van der Waals surface area contributed by atoms with Crippen molar-refractivity contribution in [2.45, 2.75) is 57.6 Å². The summed E-state index contributed by atoms with van der Waals surface area (Å²) in [4.78, 5) is 15.0. The number of fused-ring (bicyclic) bond motifs is 1. The Morgan fingerprint density at radius 1 is 1.15 bits per heavy atom. The highest BCUT2D eigenvalue weighted by Gasteiger charge is 2.44. The van der Waals surface area contributed by atoms with Gasteiger partial charge < -0.3 is 35.0 Å². The number of nitrogens with one attached hydrogen (secondary N) is 1. The number of hydrogen-bond acceptors (Lipinski definition) is 10. The Hall–Kier alpha value is -3.86. The summed E-state index contributed by atoms with van der Waals surface area (Å²) in [5.74, 6) is -0.555. The van der Waals surface area contributed by atoms with E-state index in [1.807, 2.05) is 30.3 Å². The number of benzene rings is 2. The third-order valence-corrected chi connectivity index (χ3v) is 6.94. The van der Waals surface area contributed by atoms with E-state index in [-0.39, 0.29) is 18.7 Å². The van der Waals surface area contributed by atoms with Gasteiger partial charge in [0.2, 0.25) is 0 Å². The molecule has 12 heteroatoms. The van der Waals surface area contributed by atoms with Crippen LogP contribution < -0.4 is 10.2 Å². The molecule has 1 fully saturated rings. The summed E-state index contributed by atoms with van der Waals surface area (Å²) in [5.41, 5.74) is 2.24. The second kappa shape index (κ2) is 13.0. The van der Waals surface area contributed by atoms with Gasteiger partial charge in [-0.3, -0.25) is 4.79 Å². The summed E-state index contributed by atoms with van der Waals surface area (Å²) in [5, 5.41) is 52.5. The van der Waals surface area contributed by atoms with Crippen molar-refractivity contribution in [1.82, 2.24) is 20.3 Å². The van der Waals surface area contributed by atoms with E-state index in [1.54, 1.807) is 6.20 Å². The Labute approximate surface area is 232 Å². The van der Waals surface area contributed by atoms with Crippen LogP contribution in [0.25, 0.3) is 16.8 Å². The molecule has 40 heavy (non-hydrogen) atoms. The standard InChI is InChI=1S/C28H34N6O6/c1-4-33(5-2)22-9-8-18-10-17(6-7-19(18)12-22)11-20(13-29)27(38)30-14-21-15-34(32-31-21)16-23-24(35)25(36)26(37)28(39-3)40-23/h6-12,15,23-26,28,35-37H,4-5,14,16H2,1-3H3,(H,30,38)/b20-11+/t23-,24-,25+,26-,28+/m1/s1. The number of ether oxygens (including phenoxy) is 2. The highest BCUT2D eigenvalue weighted by molar-refractivity contribution is 6.02. The molecule has 0 saturated carbocycles. The van der Waals surface area contributed by atoms with Crippen LogP contribution in [-0.2, 0) is 27.4 Å². The van der Waals surface area contributed by atoms with Crippen LogP contribution in [0.1, 0.15) is 25.1 Å². The van der Waals surface area contributed by atoms with E-state index in [0.717, 1.165) is 35.1 Å². The van der Waals surface area contributed by atoms with Crippen molar-refractivity contribution in [3.8, 4) is 6.07 Å². The minimum Gasteiger partial charge on any atom is -0.388 e. The first-order valence-corrected chi connectivity index (χ1v) is 13.1. The number of methoxy groups -OCH3 is 1. The predicted molar refractivity (Wildman–Crippen MR) is 147 cm³/mol. The molecule has 0 bridgehead atoms. The first-order valence-electron chi connectivity index (χ1n) is 13.1. The van der Waals surface area contributed by atoms with Crippen LogP contribution in [0, 0.1) is 11.3 Å². The number of nitriles is 1. The molecule has 4 rings (SSSR count). The van der Waals surface area contributed by atoms with Crippen LogP contribution in [0.2, 0.25) is 0 Å². The predicted octanol–water partition coefficient (Wildman–Crippen LogP) is 0.955. The molecule has 1 amide bonds. The van der Waals surface area contributed by atoms with Crippen molar-refractivity contribution in [2.24, 2.45) is 0 Å². The Balaban J connectivity index is 1.38. The van der Waals surface area contributed by atoms with Gasteiger partial charge in [-0.05, 0) is 54.5 Å². The molecule has 3 aromatic rings. The van der Waals surface area contributed by atoms with E-state index in [4.69, 9.17) is 9.47 Å². The zero-order valence-corrected chi connectivity index (χ0v) is 22.6. The summed E-state index contributed by atoms with van der Waals surface area (Å²) in [6.45, 7) is 6.11. The smallest absolute Gasteiger partial charge is 0.262 e. The van der Waals surface area contributed by atoms with Gasteiger partial charge in [0.15, 0.2) is 6.29 Å². The van der Waals surface area contributed by atoms with Gasteiger partial charge in [-0.2, -0.15) is 5.26 Å². The van der Waals surface area contributed by atoms with Gasteiger partial charge in [-0.1, -0.05) is 23.4 Å². The van der Waals surface area contributed by atoms with Gasteiger partial charge in [0.05, 0.1) is 19.3 Å². The molecule has 12 nitrogen and oxygen atoms in total. The quantitative estimate of drug-likeness (QED) is 0.211. The van der Waals surface area contributed by atoms with E-state index < -0.39 is 36.6 Å². The van der Waals surface area contributed by atoms with Crippen LogP contribution in [0.5, 0.6) is 0 Å². The highest BCUT2D eigenvalue weighted by Crippen LogP contribution is 2.25. The Morgan fingerprint density at radius 3 is 2.58 bits per heavy atom. The number of carbonyl (C=O) groups excluding carboxylic acids is 1. The number of rotatable bonds is 10. The van der Waals surface area contributed by atoms with Crippen LogP contribution in [-0.4, -0.2) is 87.1 Å². The van der Waals surface area contributed by atoms with E-state index >= 15 is 0 Å². The zero-order chi connectivity index (χ0) is 28.8. The van der Waals surface area contributed by atoms with Crippen molar-refractivity contribution in [3.05, 3.63) is 59.4 Å². The molecule has 1 aromatic heterocycles. The van der Waals surface area contributed by atoms with Crippen LogP contribution in [0.15, 0.2) is 48.2 Å². The Bertz CT molecular complexity index is 1400. The topological polar surface area (TPSA) is 166 Å². The molecule has 1 aliphatic heterocycles. The van der Waals surface area contributed by atoms with Gasteiger partial charge in [0.1, 0.15) is 41.8 Å². The van der Waals surface area contributed by atoms with E-state index in [1.165, 1.54) is 17.9 Å². The summed E-state index contributed by atoms with van der Waals surface area (Å²) in [6, 6.07) is 14.0. The Morgan fingerprint density at radius 2 is 1.88 bits per heavy atom. The number of hydrogen-bond donors (Lipinski definition) is 4. The molecule has 5 atom stereocenters. The zero-order valence-electron chi connectivity index (χ0n) is 22.6. The van der Waals surface area contributed by atoms with Crippen LogP contribution in [0.4, 0.5) is 5.69 Å². The fraction of sp³-hybridized carbons (Fsp3) is 0.429. The average molecular weight is 551 g/mol. The maximum Gasteiger partial charge on any atom is 0.262 e. The van der Waals surface area contributed by atoms with Crippen LogP contribution >= 0.6 is 0 Å². The van der Waals surface area contributed by atoms with Crippen molar-refractivity contribution in [2.75, 3.05) is 25.1 Å². The minimum absolute atomic E-state index is 0.0137. The summed E-state index contributed by atoms with van der Waals surface area (Å²) < 4.78 is 11.9. The molecule has 0 unspecified atom stereocenters. The fourth-order valence-corrected chi connectivity index (χ4v) is 4.66. The number of carbonyl (C=O) groups is 1. The molecule has 0 aliphatic carbocycles.